The number of nitrogens with two attached hydrogens (primary N) is 1. The van der Waals surface area contributed by atoms with E-state index >= 15 is 0 Å². The van der Waals surface area contributed by atoms with Crippen LogP contribution in [0.15, 0.2) is 12.1 Å². The maximum Gasteiger partial charge on any atom is 0.300 e. The average Bonchev–Trinajstić information content (AvgIpc) is 2.45. The maximum absolute atomic E-state index is 11.6. The molecule has 1 aromatic rings. The van der Waals surface area contributed by atoms with Gasteiger partial charge in [0, 0.05) is 29.8 Å². The van der Waals surface area contributed by atoms with Gasteiger partial charge in [-0.15, -0.1) is 0 Å². The number of halogens is 2. The summed E-state index contributed by atoms with van der Waals surface area (Å²) in [6.45, 7) is 0.731. The van der Waals surface area contributed by atoms with Crippen LogP contribution in [0.3, 0.4) is 0 Å². The standard InChI is InChI=1S/C11H12Br2N4O5/c12-1-3-15(4-2-13)10-8(11(14)18)5-7(16(19)20)6-9(10)17(21)22/h5-6H,1-4H2,(H2,14,18). The van der Waals surface area contributed by atoms with Crippen LogP contribution < -0.4 is 10.6 Å². The van der Waals surface area contributed by atoms with E-state index in [0.717, 1.165) is 12.1 Å². The van der Waals surface area contributed by atoms with E-state index in [1.807, 2.05) is 0 Å². The zero-order valence-electron chi connectivity index (χ0n) is 11.2. The first-order valence-corrected chi connectivity index (χ1v) is 8.21. The quantitative estimate of drug-likeness (QED) is 0.375. The van der Waals surface area contributed by atoms with E-state index in [2.05, 4.69) is 31.9 Å². The van der Waals surface area contributed by atoms with Crippen LogP contribution in [0.4, 0.5) is 17.1 Å². The molecule has 0 fully saturated rings. The van der Waals surface area contributed by atoms with Gasteiger partial charge < -0.3 is 10.6 Å². The Labute approximate surface area is 142 Å². The summed E-state index contributed by atoms with van der Waals surface area (Å²) in [5.41, 5.74) is 3.91. The Morgan fingerprint density at radius 2 is 1.68 bits per heavy atom. The molecular formula is C11H12Br2N4O5. The first-order valence-electron chi connectivity index (χ1n) is 5.97. The highest BCUT2D eigenvalue weighted by atomic mass is 79.9. The fraction of sp³-hybridized carbons (Fsp3) is 0.364. The number of nitro benzene ring substituents is 2. The van der Waals surface area contributed by atoms with Gasteiger partial charge in [-0.25, -0.2) is 0 Å². The number of anilines is 1. The fourth-order valence-electron chi connectivity index (χ4n) is 1.91. The van der Waals surface area contributed by atoms with Crippen LogP contribution in [0.2, 0.25) is 0 Å². The Morgan fingerprint density at radius 3 is 2.05 bits per heavy atom. The zero-order chi connectivity index (χ0) is 16.9. The molecule has 2 N–H and O–H groups in total. The van der Waals surface area contributed by atoms with E-state index in [1.165, 1.54) is 0 Å². The zero-order valence-corrected chi connectivity index (χ0v) is 14.4. The average molecular weight is 440 g/mol. The van der Waals surface area contributed by atoms with Crippen molar-refractivity contribution in [2.75, 3.05) is 28.6 Å². The number of primary amides is 1. The predicted molar refractivity (Wildman–Crippen MR) is 88.1 cm³/mol. The number of alkyl halides is 2. The van der Waals surface area contributed by atoms with Crippen LogP contribution in [-0.4, -0.2) is 39.5 Å². The highest BCUT2D eigenvalue weighted by Gasteiger charge is 2.29. The molecule has 0 radical (unpaired) electrons. The molecule has 0 spiro atoms. The van der Waals surface area contributed by atoms with E-state index < -0.39 is 27.1 Å². The van der Waals surface area contributed by atoms with Crippen molar-refractivity contribution >= 4 is 54.8 Å². The Hall–Kier alpha value is -1.75. The van der Waals surface area contributed by atoms with Gasteiger partial charge in [0.1, 0.15) is 5.69 Å². The largest absolute Gasteiger partial charge is 0.366 e. The van der Waals surface area contributed by atoms with Crippen LogP contribution in [0.5, 0.6) is 0 Å². The summed E-state index contributed by atoms with van der Waals surface area (Å²) in [6.07, 6.45) is 0. The first kappa shape index (κ1) is 18.3. The van der Waals surface area contributed by atoms with Crippen molar-refractivity contribution in [2.45, 2.75) is 0 Å². The van der Waals surface area contributed by atoms with E-state index in [1.54, 1.807) is 4.90 Å². The van der Waals surface area contributed by atoms with Crippen molar-refractivity contribution < 1.29 is 14.6 Å². The fourth-order valence-corrected chi connectivity index (χ4v) is 2.76. The Bertz CT molecular complexity index is 569. The lowest BCUT2D eigenvalue weighted by Crippen LogP contribution is -2.31. The first-order chi connectivity index (χ1) is 10.3. The molecule has 22 heavy (non-hydrogen) atoms. The molecule has 0 aliphatic rings. The number of nitro groups is 2. The van der Waals surface area contributed by atoms with Gasteiger partial charge in [-0.3, -0.25) is 25.0 Å². The van der Waals surface area contributed by atoms with Crippen LogP contribution in [0, 0.1) is 20.2 Å². The van der Waals surface area contributed by atoms with Gasteiger partial charge in [-0.2, -0.15) is 0 Å². The molecule has 1 amide bonds. The lowest BCUT2D eigenvalue weighted by Gasteiger charge is -2.24. The van der Waals surface area contributed by atoms with Crippen molar-refractivity contribution in [1.82, 2.24) is 0 Å². The number of carbonyl (C=O) groups excluding carboxylic acids is 1. The molecule has 0 aromatic heterocycles. The lowest BCUT2D eigenvalue weighted by molar-refractivity contribution is -0.393. The Morgan fingerprint density at radius 1 is 1.14 bits per heavy atom. The number of non-ortho nitro benzene ring substituents is 1. The lowest BCUT2D eigenvalue weighted by atomic mass is 10.1. The monoisotopic (exact) mass is 438 g/mol. The van der Waals surface area contributed by atoms with Crippen molar-refractivity contribution in [1.29, 1.82) is 0 Å². The minimum atomic E-state index is -0.962. The summed E-state index contributed by atoms with van der Waals surface area (Å²) >= 11 is 6.45. The topological polar surface area (TPSA) is 133 Å². The van der Waals surface area contributed by atoms with E-state index in [-0.39, 0.29) is 11.3 Å². The summed E-state index contributed by atoms with van der Waals surface area (Å²) in [5.74, 6) is -0.962. The molecule has 0 atom stereocenters. The number of hydrogen-bond acceptors (Lipinski definition) is 6. The van der Waals surface area contributed by atoms with Crippen LogP contribution in [0.1, 0.15) is 10.4 Å². The van der Waals surface area contributed by atoms with Gasteiger partial charge in [-0.05, 0) is 0 Å². The van der Waals surface area contributed by atoms with Gasteiger partial charge in [0.2, 0.25) is 0 Å². The highest BCUT2D eigenvalue weighted by Crippen LogP contribution is 2.36. The number of nitrogens with zero attached hydrogens (tertiary/aromatic N) is 3. The molecule has 0 saturated carbocycles. The SMILES string of the molecule is NC(=O)c1cc([N+](=O)[O-])cc([N+](=O)[O-])c1N(CCBr)CCBr. The summed E-state index contributed by atoms with van der Waals surface area (Å²) < 4.78 is 0. The van der Waals surface area contributed by atoms with Gasteiger partial charge in [0.25, 0.3) is 17.3 Å². The number of benzene rings is 1. The molecule has 0 aliphatic heterocycles. The molecule has 0 saturated heterocycles. The summed E-state index contributed by atoms with van der Waals surface area (Å²) in [6, 6.07) is 1.79. The van der Waals surface area contributed by atoms with Crippen molar-refractivity contribution in [3.05, 3.63) is 37.9 Å². The third-order valence-electron chi connectivity index (χ3n) is 2.77. The molecule has 0 heterocycles. The smallest absolute Gasteiger partial charge is 0.300 e. The maximum atomic E-state index is 11.6. The Balaban J connectivity index is 3.66. The van der Waals surface area contributed by atoms with Gasteiger partial charge in [0.05, 0.1) is 21.5 Å². The second-order valence-electron chi connectivity index (χ2n) is 4.10. The molecule has 120 valence electrons. The number of amides is 1. The normalized spacial score (nSPS) is 10.3. The molecule has 1 rings (SSSR count). The molecule has 9 nitrogen and oxygen atoms in total. The molecule has 11 heteroatoms. The summed E-state index contributed by atoms with van der Waals surface area (Å²) in [5, 5.41) is 23.1. The molecule has 0 bridgehead atoms. The van der Waals surface area contributed by atoms with E-state index in [4.69, 9.17) is 5.73 Å². The van der Waals surface area contributed by atoms with Gasteiger partial charge in [-0.1, -0.05) is 31.9 Å². The van der Waals surface area contributed by atoms with Gasteiger partial charge in [0.15, 0.2) is 0 Å². The van der Waals surface area contributed by atoms with Gasteiger partial charge >= 0.3 is 0 Å². The second kappa shape index (κ2) is 8.03. The van der Waals surface area contributed by atoms with Crippen molar-refractivity contribution in [2.24, 2.45) is 5.73 Å². The van der Waals surface area contributed by atoms with E-state index in [9.17, 15) is 25.0 Å². The van der Waals surface area contributed by atoms with Crippen molar-refractivity contribution in [3.8, 4) is 0 Å². The second-order valence-corrected chi connectivity index (χ2v) is 5.69. The highest BCUT2D eigenvalue weighted by molar-refractivity contribution is 9.09. The number of carbonyl (C=O) groups is 1. The summed E-state index contributed by atoms with van der Waals surface area (Å²) in [7, 11) is 0. The number of hydrogen-bond donors (Lipinski definition) is 1. The molecule has 0 unspecified atom stereocenters. The summed E-state index contributed by atoms with van der Waals surface area (Å²) in [4.78, 5) is 33.8. The van der Waals surface area contributed by atoms with Crippen LogP contribution in [0.25, 0.3) is 0 Å². The molecule has 1 aromatic carbocycles. The third kappa shape index (κ3) is 4.13. The van der Waals surface area contributed by atoms with Crippen LogP contribution in [-0.2, 0) is 0 Å². The van der Waals surface area contributed by atoms with Crippen LogP contribution >= 0.6 is 31.9 Å². The minimum Gasteiger partial charge on any atom is -0.366 e. The van der Waals surface area contributed by atoms with E-state index in [0.29, 0.717) is 23.7 Å². The third-order valence-corrected chi connectivity index (χ3v) is 3.48. The predicted octanol–water partition coefficient (Wildman–Crippen LogP) is 2.20. The Kier molecular flexibility index (Phi) is 6.68. The number of rotatable bonds is 8. The minimum absolute atomic E-state index is 0.0120. The van der Waals surface area contributed by atoms with Crippen molar-refractivity contribution in [3.63, 3.8) is 0 Å². The molecular weight excluding hydrogens is 428 g/mol. The molecule has 0 aliphatic carbocycles.